The van der Waals surface area contributed by atoms with E-state index in [9.17, 15) is 14.9 Å². The van der Waals surface area contributed by atoms with Crippen LogP contribution in [-0.2, 0) is 0 Å². The smallest absolute Gasteiger partial charge is 0.271 e. The topological polar surface area (TPSA) is 72.2 Å². The van der Waals surface area contributed by atoms with Crippen LogP contribution in [-0.4, -0.2) is 17.1 Å². The summed E-state index contributed by atoms with van der Waals surface area (Å²) in [4.78, 5) is 23.3. The van der Waals surface area contributed by atoms with Crippen molar-refractivity contribution in [3.05, 3.63) is 61.6 Å². The molecule has 8 heteroatoms. The zero-order chi connectivity index (χ0) is 16.3. The predicted molar refractivity (Wildman–Crippen MR) is 92.0 cm³/mol. The molecule has 2 aromatic rings. The van der Waals surface area contributed by atoms with E-state index < -0.39 is 4.92 Å². The van der Waals surface area contributed by atoms with Gasteiger partial charge in [-0.15, -0.1) is 11.8 Å². The van der Waals surface area contributed by atoms with Crippen molar-refractivity contribution < 1.29 is 9.72 Å². The highest BCUT2D eigenvalue weighted by Gasteiger charge is 2.15. The van der Waals surface area contributed by atoms with Crippen LogP contribution in [0.5, 0.6) is 0 Å². The number of hydrogen-bond acceptors (Lipinski definition) is 4. The molecule has 0 fully saturated rings. The van der Waals surface area contributed by atoms with Gasteiger partial charge in [-0.05, 0) is 30.5 Å². The van der Waals surface area contributed by atoms with Crippen molar-refractivity contribution in [1.29, 1.82) is 0 Å². The number of carbonyl (C=O) groups is 1. The predicted octanol–water partition coefficient (Wildman–Crippen LogP) is 4.98. The van der Waals surface area contributed by atoms with E-state index in [-0.39, 0.29) is 16.6 Å². The van der Waals surface area contributed by atoms with E-state index in [1.807, 2.05) is 18.4 Å². The van der Waals surface area contributed by atoms with Crippen molar-refractivity contribution in [2.24, 2.45) is 0 Å². The molecule has 0 aromatic heterocycles. The molecule has 2 aromatic carbocycles. The number of amides is 1. The number of halogens is 2. The molecule has 2 rings (SSSR count). The number of nitro benzene ring substituents is 1. The lowest BCUT2D eigenvalue weighted by Gasteiger charge is -2.10. The van der Waals surface area contributed by atoms with Crippen LogP contribution in [0.3, 0.4) is 0 Å². The van der Waals surface area contributed by atoms with Gasteiger partial charge in [0.1, 0.15) is 0 Å². The molecule has 1 N–H and O–H groups in total. The van der Waals surface area contributed by atoms with Crippen LogP contribution in [0.15, 0.2) is 45.8 Å². The maximum absolute atomic E-state index is 12.4. The number of nitrogens with zero attached hydrogens (tertiary/aromatic N) is 1. The Labute approximate surface area is 144 Å². The molecule has 0 spiro atoms. The molecule has 0 aliphatic carbocycles. The highest BCUT2D eigenvalue weighted by Crippen LogP contribution is 2.29. The van der Waals surface area contributed by atoms with Gasteiger partial charge < -0.3 is 5.32 Å². The zero-order valence-electron chi connectivity index (χ0n) is 11.3. The Morgan fingerprint density at radius 1 is 1.32 bits per heavy atom. The Balaban J connectivity index is 2.29. The van der Waals surface area contributed by atoms with Gasteiger partial charge in [0.25, 0.3) is 11.6 Å². The molecule has 0 saturated heterocycles. The van der Waals surface area contributed by atoms with E-state index >= 15 is 0 Å². The third-order valence-electron chi connectivity index (χ3n) is 2.82. The van der Waals surface area contributed by atoms with Gasteiger partial charge in [0.2, 0.25) is 0 Å². The summed E-state index contributed by atoms with van der Waals surface area (Å²) in [6.07, 6.45) is 1.87. The summed E-state index contributed by atoms with van der Waals surface area (Å²) in [7, 11) is 0. The summed E-state index contributed by atoms with van der Waals surface area (Å²) >= 11 is 10.8. The van der Waals surface area contributed by atoms with Crippen LogP contribution < -0.4 is 5.32 Å². The molecule has 0 radical (unpaired) electrons. The van der Waals surface area contributed by atoms with Crippen molar-refractivity contribution in [2.45, 2.75) is 4.90 Å². The number of thioether (sulfide) groups is 1. The fourth-order valence-electron chi connectivity index (χ4n) is 1.77. The first-order chi connectivity index (χ1) is 10.4. The number of rotatable bonds is 4. The maximum atomic E-state index is 12.4. The van der Waals surface area contributed by atoms with E-state index in [2.05, 4.69) is 21.2 Å². The van der Waals surface area contributed by atoms with Gasteiger partial charge in [0.05, 0.1) is 21.2 Å². The number of nitrogens with one attached hydrogen (secondary N) is 1. The minimum atomic E-state index is -0.544. The Morgan fingerprint density at radius 2 is 2.05 bits per heavy atom. The lowest BCUT2D eigenvalue weighted by atomic mass is 10.2. The average molecular weight is 402 g/mol. The molecule has 114 valence electrons. The van der Waals surface area contributed by atoms with Gasteiger partial charge in [-0.25, -0.2) is 0 Å². The lowest BCUT2D eigenvalue weighted by molar-refractivity contribution is -0.384. The number of hydrogen-bond donors (Lipinski definition) is 1. The molecule has 1 amide bonds. The summed E-state index contributed by atoms with van der Waals surface area (Å²) in [5, 5.41) is 13.5. The van der Waals surface area contributed by atoms with Crippen LogP contribution >= 0.6 is 39.3 Å². The third kappa shape index (κ3) is 3.79. The van der Waals surface area contributed by atoms with E-state index in [0.717, 1.165) is 9.37 Å². The van der Waals surface area contributed by atoms with Gasteiger partial charge in [0.15, 0.2) is 0 Å². The molecule has 0 aliphatic rings. The molecule has 0 atom stereocenters. The molecule has 0 bridgehead atoms. The minimum Gasteiger partial charge on any atom is -0.321 e. The SMILES string of the molecule is CSc1ccc(Br)cc1C(=O)Nc1ccc([N+](=O)[O-])cc1Cl. The first kappa shape index (κ1) is 16.8. The Bertz CT molecular complexity index is 755. The van der Waals surface area contributed by atoms with Crippen molar-refractivity contribution >= 4 is 56.6 Å². The summed E-state index contributed by atoms with van der Waals surface area (Å²) in [6.45, 7) is 0. The molecular formula is C14H10BrClN2O3S. The number of non-ortho nitro benzene ring substituents is 1. The lowest BCUT2D eigenvalue weighted by Crippen LogP contribution is -2.13. The van der Waals surface area contributed by atoms with Crippen LogP contribution in [0.2, 0.25) is 5.02 Å². The summed E-state index contributed by atoms with van der Waals surface area (Å²) in [6, 6.07) is 9.30. The quantitative estimate of drug-likeness (QED) is 0.445. The van der Waals surface area contributed by atoms with Gasteiger partial charge in [-0.3, -0.25) is 14.9 Å². The molecular weight excluding hydrogens is 392 g/mol. The molecule has 0 aliphatic heterocycles. The standard InChI is InChI=1S/C14H10BrClN2O3S/c1-22-13-5-2-8(15)6-10(13)14(19)17-12-4-3-9(18(20)21)7-11(12)16/h2-7H,1H3,(H,17,19). The first-order valence-electron chi connectivity index (χ1n) is 6.01. The first-order valence-corrected chi connectivity index (χ1v) is 8.40. The molecule has 5 nitrogen and oxygen atoms in total. The maximum Gasteiger partial charge on any atom is 0.271 e. The second kappa shape index (κ2) is 7.13. The van der Waals surface area contributed by atoms with E-state index in [1.165, 1.54) is 30.0 Å². The fraction of sp³-hybridized carbons (Fsp3) is 0.0714. The minimum absolute atomic E-state index is 0.114. The average Bonchev–Trinajstić information content (AvgIpc) is 2.48. The highest BCUT2D eigenvalue weighted by atomic mass is 79.9. The van der Waals surface area contributed by atoms with Crippen molar-refractivity contribution in [3.63, 3.8) is 0 Å². The second-order valence-electron chi connectivity index (χ2n) is 4.22. The Hall–Kier alpha value is -1.57. The molecule has 22 heavy (non-hydrogen) atoms. The van der Waals surface area contributed by atoms with Crippen LogP contribution in [0.4, 0.5) is 11.4 Å². The monoisotopic (exact) mass is 400 g/mol. The van der Waals surface area contributed by atoms with Crippen molar-refractivity contribution in [3.8, 4) is 0 Å². The number of anilines is 1. The number of nitro groups is 1. The van der Waals surface area contributed by atoms with Gasteiger partial charge in [0, 0.05) is 21.5 Å². The molecule has 0 saturated carbocycles. The third-order valence-corrected chi connectivity index (χ3v) is 4.42. The Morgan fingerprint density at radius 3 is 2.64 bits per heavy atom. The van der Waals surface area contributed by atoms with Crippen LogP contribution in [0.1, 0.15) is 10.4 Å². The highest BCUT2D eigenvalue weighted by molar-refractivity contribution is 9.10. The fourth-order valence-corrected chi connectivity index (χ4v) is 2.93. The Kier molecular flexibility index (Phi) is 5.44. The van der Waals surface area contributed by atoms with Crippen LogP contribution in [0.25, 0.3) is 0 Å². The van der Waals surface area contributed by atoms with E-state index in [4.69, 9.17) is 11.6 Å². The normalized spacial score (nSPS) is 10.3. The second-order valence-corrected chi connectivity index (χ2v) is 6.39. The molecule has 0 heterocycles. The zero-order valence-corrected chi connectivity index (χ0v) is 14.5. The van der Waals surface area contributed by atoms with Crippen LogP contribution in [0, 0.1) is 10.1 Å². The van der Waals surface area contributed by atoms with E-state index in [1.54, 1.807) is 6.07 Å². The van der Waals surface area contributed by atoms with E-state index in [0.29, 0.717) is 11.3 Å². The number of carbonyl (C=O) groups excluding carboxylic acids is 1. The van der Waals surface area contributed by atoms with Crippen molar-refractivity contribution in [1.82, 2.24) is 0 Å². The van der Waals surface area contributed by atoms with Crippen molar-refractivity contribution in [2.75, 3.05) is 11.6 Å². The molecule has 0 unspecified atom stereocenters. The van der Waals surface area contributed by atoms with Gasteiger partial charge in [-0.1, -0.05) is 27.5 Å². The summed E-state index contributed by atoms with van der Waals surface area (Å²) < 4.78 is 0.783. The summed E-state index contributed by atoms with van der Waals surface area (Å²) in [5.74, 6) is -0.332. The van der Waals surface area contributed by atoms with Gasteiger partial charge in [-0.2, -0.15) is 0 Å². The number of benzene rings is 2. The largest absolute Gasteiger partial charge is 0.321 e. The summed E-state index contributed by atoms with van der Waals surface area (Å²) in [5.41, 5.74) is 0.691. The van der Waals surface area contributed by atoms with Gasteiger partial charge >= 0.3 is 0 Å².